The normalized spacial score (nSPS) is 11.1. The number of phenolic OH excluding ortho intramolecular Hbond substituents is 1. The van der Waals surface area contributed by atoms with E-state index in [-0.39, 0.29) is 21.8 Å². The fourth-order valence-electron chi connectivity index (χ4n) is 1.69. The van der Waals surface area contributed by atoms with Crippen molar-refractivity contribution < 1.29 is 28.9 Å². The van der Waals surface area contributed by atoms with Crippen molar-refractivity contribution in [2.75, 3.05) is 4.90 Å². The van der Waals surface area contributed by atoms with Crippen LogP contribution in [-0.2, 0) is 4.74 Å². The summed E-state index contributed by atoms with van der Waals surface area (Å²) in [6, 6.07) is 0.762. The van der Waals surface area contributed by atoms with Crippen LogP contribution in [0.4, 0.5) is 19.7 Å². The van der Waals surface area contributed by atoms with Crippen molar-refractivity contribution >= 4 is 17.9 Å². The molecular formula is C14H18FNO5. The van der Waals surface area contributed by atoms with Gasteiger partial charge >= 0.3 is 12.2 Å². The molecule has 7 heteroatoms. The first-order chi connectivity index (χ1) is 9.45. The quantitative estimate of drug-likeness (QED) is 0.827. The van der Waals surface area contributed by atoms with Gasteiger partial charge in [-0.1, -0.05) is 0 Å². The van der Waals surface area contributed by atoms with Crippen LogP contribution in [0, 0.1) is 19.7 Å². The number of benzene rings is 1. The zero-order valence-electron chi connectivity index (χ0n) is 12.5. The highest BCUT2D eigenvalue weighted by atomic mass is 19.1. The SMILES string of the molecule is Cc1c(O)cc(F)c(N(C(=O)O)C(=O)OC(C)(C)C)c1C. The van der Waals surface area contributed by atoms with Crippen LogP contribution in [0.15, 0.2) is 6.07 Å². The molecule has 0 fully saturated rings. The average Bonchev–Trinajstić information content (AvgIpc) is 2.28. The summed E-state index contributed by atoms with van der Waals surface area (Å²) in [5, 5.41) is 18.7. The van der Waals surface area contributed by atoms with Crippen molar-refractivity contribution in [2.45, 2.75) is 40.2 Å². The van der Waals surface area contributed by atoms with E-state index in [2.05, 4.69) is 0 Å². The number of halogens is 1. The molecule has 1 aromatic carbocycles. The number of amides is 2. The number of hydrogen-bond donors (Lipinski definition) is 2. The maximum atomic E-state index is 14.0. The molecular weight excluding hydrogens is 281 g/mol. The van der Waals surface area contributed by atoms with E-state index < -0.39 is 29.3 Å². The first kappa shape index (κ1) is 16.7. The maximum absolute atomic E-state index is 14.0. The van der Waals surface area contributed by atoms with E-state index in [1.165, 1.54) is 13.8 Å². The summed E-state index contributed by atoms with van der Waals surface area (Å²) in [5.41, 5.74) is -0.963. The number of phenols is 1. The van der Waals surface area contributed by atoms with Gasteiger partial charge in [-0.25, -0.2) is 14.0 Å². The summed E-state index contributed by atoms with van der Waals surface area (Å²) in [6.45, 7) is 7.60. The highest BCUT2D eigenvalue weighted by Gasteiger charge is 2.32. The second kappa shape index (κ2) is 5.59. The standard InChI is InChI=1S/C14H18FNO5/c1-7-8(2)11(9(15)6-10(7)17)16(12(18)19)13(20)21-14(3,4)5/h6,17H,1-5H3,(H,18,19). The van der Waals surface area contributed by atoms with Crippen LogP contribution in [-0.4, -0.2) is 28.0 Å². The number of ether oxygens (including phenoxy) is 1. The van der Waals surface area contributed by atoms with Crippen LogP contribution in [0.5, 0.6) is 5.75 Å². The molecule has 116 valence electrons. The molecule has 21 heavy (non-hydrogen) atoms. The minimum atomic E-state index is -1.67. The number of carbonyl (C=O) groups is 2. The third kappa shape index (κ3) is 3.62. The van der Waals surface area contributed by atoms with Gasteiger partial charge in [0.2, 0.25) is 0 Å². The lowest BCUT2D eigenvalue weighted by Crippen LogP contribution is -2.41. The molecule has 6 nitrogen and oxygen atoms in total. The lowest BCUT2D eigenvalue weighted by Gasteiger charge is -2.26. The van der Waals surface area contributed by atoms with Crippen molar-refractivity contribution in [1.29, 1.82) is 0 Å². The molecule has 0 aliphatic heterocycles. The summed E-state index contributed by atoms with van der Waals surface area (Å²) in [6.07, 6.45) is -2.88. The first-order valence-electron chi connectivity index (χ1n) is 6.20. The van der Waals surface area contributed by atoms with Crippen LogP contribution in [0.25, 0.3) is 0 Å². The molecule has 0 aliphatic carbocycles. The number of imide groups is 1. The fraction of sp³-hybridized carbons (Fsp3) is 0.429. The molecule has 0 spiro atoms. The maximum Gasteiger partial charge on any atom is 0.424 e. The summed E-state index contributed by atoms with van der Waals surface area (Å²) in [5.74, 6) is -1.34. The molecule has 1 aromatic rings. The van der Waals surface area contributed by atoms with E-state index in [9.17, 15) is 24.2 Å². The van der Waals surface area contributed by atoms with Gasteiger partial charge in [-0.2, -0.15) is 4.90 Å². The molecule has 0 saturated heterocycles. The Morgan fingerprint density at radius 2 is 1.76 bits per heavy atom. The van der Waals surface area contributed by atoms with Crippen molar-refractivity contribution in [2.24, 2.45) is 0 Å². The Morgan fingerprint density at radius 3 is 2.19 bits per heavy atom. The van der Waals surface area contributed by atoms with Crippen LogP contribution in [0.1, 0.15) is 31.9 Å². The van der Waals surface area contributed by atoms with Gasteiger partial charge in [0.05, 0.1) is 5.69 Å². The zero-order valence-corrected chi connectivity index (χ0v) is 12.5. The average molecular weight is 299 g/mol. The Balaban J connectivity index is 3.41. The molecule has 0 atom stereocenters. The molecule has 0 heterocycles. The summed E-state index contributed by atoms with van der Waals surface area (Å²) >= 11 is 0. The largest absolute Gasteiger partial charge is 0.508 e. The number of carboxylic acid groups (broad SMARTS) is 1. The van der Waals surface area contributed by atoms with Gasteiger partial charge < -0.3 is 14.9 Å². The molecule has 2 N–H and O–H groups in total. The van der Waals surface area contributed by atoms with E-state index in [4.69, 9.17) is 4.74 Å². The molecule has 0 bridgehead atoms. The third-order valence-corrected chi connectivity index (χ3v) is 2.78. The van der Waals surface area contributed by atoms with Crippen LogP contribution in [0.2, 0.25) is 0 Å². The smallest absolute Gasteiger partial charge is 0.424 e. The van der Waals surface area contributed by atoms with Crippen LogP contribution < -0.4 is 4.90 Å². The van der Waals surface area contributed by atoms with E-state index in [0.29, 0.717) is 0 Å². The minimum absolute atomic E-state index is 0.140. The van der Waals surface area contributed by atoms with Gasteiger partial charge in [-0.15, -0.1) is 0 Å². The van der Waals surface area contributed by atoms with Gasteiger partial charge in [-0.05, 0) is 45.7 Å². The van der Waals surface area contributed by atoms with E-state index in [1.54, 1.807) is 20.8 Å². The number of hydrogen-bond acceptors (Lipinski definition) is 4. The molecule has 2 amide bonds. The van der Waals surface area contributed by atoms with Gasteiger partial charge in [0.15, 0.2) is 5.82 Å². The number of rotatable bonds is 1. The van der Waals surface area contributed by atoms with E-state index in [0.717, 1.165) is 6.07 Å². The summed E-state index contributed by atoms with van der Waals surface area (Å²) in [4.78, 5) is 23.5. The molecule has 0 aliphatic rings. The summed E-state index contributed by atoms with van der Waals surface area (Å²) < 4.78 is 19.0. The molecule has 0 unspecified atom stereocenters. The van der Waals surface area contributed by atoms with Crippen molar-refractivity contribution in [1.82, 2.24) is 0 Å². The molecule has 0 saturated carbocycles. The Hall–Kier alpha value is -2.31. The zero-order chi connectivity index (χ0) is 16.5. The van der Waals surface area contributed by atoms with Crippen molar-refractivity contribution in [3.8, 4) is 5.75 Å². The second-order valence-electron chi connectivity index (χ2n) is 5.57. The molecule has 0 radical (unpaired) electrons. The van der Waals surface area contributed by atoms with Crippen molar-refractivity contribution in [3.63, 3.8) is 0 Å². The monoisotopic (exact) mass is 299 g/mol. The van der Waals surface area contributed by atoms with Crippen molar-refractivity contribution in [3.05, 3.63) is 23.0 Å². The molecule has 1 rings (SSSR count). The molecule has 0 aromatic heterocycles. The Labute approximate surface area is 121 Å². The number of carbonyl (C=O) groups excluding carboxylic acids is 1. The van der Waals surface area contributed by atoms with Crippen LogP contribution in [0.3, 0.4) is 0 Å². The second-order valence-corrected chi connectivity index (χ2v) is 5.57. The highest BCUT2D eigenvalue weighted by Crippen LogP contribution is 2.33. The topological polar surface area (TPSA) is 87.1 Å². The fourth-order valence-corrected chi connectivity index (χ4v) is 1.69. The minimum Gasteiger partial charge on any atom is -0.508 e. The lowest BCUT2D eigenvalue weighted by atomic mass is 10.1. The Morgan fingerprint density at radius 1 is 1.24 bits per heavy atom. The Kier molecular flexibility index (Phi) is 4.46. The van der Waals surface area contributed by atoms with Gasteiger partial charge in [-0.3, -0.25) is 0 Å². The van der Waals surface area contributed by atoms with Gasteiger partial charge in [0, 0.05) is 6.07 Å². The summed E-state index contributed by atoms with van der Waals surface area (Å²) in [7, 11) is 0. The first-order valence-corrected chi connectivity index (χ1v) is 6.20. The van der Waals surface area contributed by atoms with Crippen LogP contribution >= 0.6 is 0 Å². The van der Waals surface area contributed by atoms with Gasteiger partial charge in [0.25, 0.3) is 0 Å². The highest BCUT2D eigenvalue weighted by molar-refractivity contribution is 6.09. The number of aromatic hydroxyl groups is 1. The Bertz CT molecular complexity index is 592. The lowest BCUT2D eigenvalue weighted by molar-refractivity contribution is 0.0580. The predicted octanol–water partition coefficient (Wildman–Crippen LogP) is 3.57. The van der Waals surface area contributed by atoms with E-state index >= 15 is 0 Å². The third-order valence-electron chi connectivity index (χ3n) is 2.78. The predicted molar refractivity (Wildman–Crippen MR) is 74.3 cm³/mol. The van der Waals surface area contributed by atoms with E-state index in [1.807, 2.05) is 0 Å². The number of nitrogens with zero attached hydrogens (tertiary/aromatic N) is 1. The number of anilines is 1. The van der Waals surface area contributed by atoms with Gasteiger partial charge in [0.1, 0.15) is 11.4 Å².